The highest BCUT2D eigenvalue weighted by molar-refractivity contribution is 5.97. The van der Waals surface area contributed by atoms with E-state index in [0.717, 1.165) is 0 Å². The van der Waals surface area contributed by atoms with Crippen LogP contribution in [0.3, 0.4) is 0 Å². The number of amides is 1. The van der Waals surface area contributed by atoms with Crippen molar-refractivity contribution in [3.63, 3.8) is 0 Å². The van der Waals surface area contributed by atoms with Crippen molar-refractivity contribution in [3.8, 4) is 17.0 Å². The van der Waals surface area contributed by atoms with Crippen LogP contribution < -0.4 is 10.1 Å². The van der Waals surface area contributed by atoms with E-state index in [0.29, 0.717) is 22.5 Å². The molecular weight excluding hydrogens is 330 g/mol. The SMILES string of the molecule is COc1cccc(F)c1-c1[nH]nc2nc(NC(=O)C3CC3F)ccc12. The third-order valence-corrected chi connectivity index (χ3v) is 4.16. The maximum atomic E-state index is 14.3. The molecule has 1 amide bonds. The van der Waals surface area contributed by atoms with E-state index in [1.807, 2.05) is 0 Å². The Morgan fingerprint density at radius 1 is 1.36 bits per heavy atom. The highest BCUT2D eigenvalue weighted by atomic mass is 19.1. The van der Waals surface area contributed by atoms with Crippen molar-refractivity contribution < 1.29 is 18.3 Å². The number of carbonyl (C=O) groups is 1. The van der Waals surface area contributed by atoms with Crippen molar-refractivity contribution in [3.05, 3.63) is 36.1 Å². The second-order valence-corrected chi connectivity index (χ2v) is 5.83. The van der Waals surface area contributed by atoms with Gasteiger partial charge in [-0.15, -0.1) is 0 Å². The first kappa shape index (κ1) is 15.5. The second kappa shape index (κ2) is 5.80. The Kier molecular flexibility index (Phi) is 3.60. The van der Waals surface area contributed by atoms with Crippen LogP contribution in [-0.2, 0) is 4.79 Å². The molecule has 1 aromatic carbocycles. The van der Waals surface area contributed by atoms with Gasteiger partial charge >= 0.3 is 0 Å². The molecule has 128 valence electrons. The molecule has 2 aromatic heterocycles. The van der Waals surface area contributed by atoms with Gasteiger partial charge in [0.2, 0.25) is 5.91 Å². The van der Waals surface area contributed by atoms with E-state index in [2.05, 4.69) is 20.5 Å². The van der Waals surface area contributed by atoms with Crippen LogP contribution in [0, 0.1) is 11.7 Å². The summed E-state index contributed by atoms with van der Waals surface area (Å²) in [5.41, 5.74) is 0.997. The molecule has 2 atom stereocenters. The number of hydrogen-bond acceptors (Lipinski definition) is 4. The number of halogens is 2. The quantitative estimate of drug-likeness (QED) is 0.762. The lowest BCUT2D eigenvalue weighted by Gasteiger charge is -2.08. The molecule has 1 aliphatic carbocycles. The van der Waals surface area contributed by atoms with Gasteiger partial charge in [-0.25, -0.2) is 13.8 Å². The van der Waals surface area contributed by atoms with Crippen molar-refractivity contribution >= 4 is 22.8 Å². The van der Waals surface area contributed by atoms with Gasteiger partial charge in [0.25, 0.3) is 0 Å². The van der Waals surface area contributed by atoms with Gasteiger partial charge in [-0.1, -0.05) is 6.07 Å². The highest BCUT2D eigenvalue weighted by Gasteiger charge is 2.43. The van der Waals surface area contributed by atoms with Crippen LogP contribution >= 0.6 is 0 Å². The first-order valence-electron chi connectivity index (χ1n) is 7.71. The van der Waals surface area contributed by atoms with Crippen LogP contribution in [0.4, 0.5) is 14.6 Å². The molecule has 2 heterocycles. The van der Waals surface area contributed by atoms with Gasteiger partial charge in [-0.05, 0) is 30.7 Å². The number of aromatic nitrogens is 3. The zero-order valence-electron chi connectivity index (χ0n) is 13.2. The summed E-state index contributed by atoms with van der Waals surface area (Å²) in [5.74, 6) is -0.813. The monoisotopic (exact) mass is 344 g/mol. The number of nitrogens with zero attached hydrogens (tertiary/aromatic N) is 2. The number of benzene rings is 1. The smallest absolute Gasteiger partial charge is 0.231 e. The highest BCUT2D eigenvalue weighted by Crippen LogP contribution is 2.36. The number of anilines is 1. The fourth-order valence-corrected chi connectivity index (χ4v) is 2.73. The van der Waals surface area contributed by atoms with Gasteiger partial charge in [-0.3, -0.25) is 9.89 Å². The molecule has 2 unspecified atom stereocenters. The molecule has 0 spiro atoms. The van der Waals surface area contributed by atoms with Crippen molar-refractivity contribution in [2.45, 2.75) is 12.6 Å². The Morgan fingerprint density at radius 2 is 2.16 bits per heavy atom. The van der Waals surface area contributed by atoms with E-state index in [1.54, 1.807) is 24.3 Å². The van der Waals surface area contributed by atoms with Crippen LogP contribution in [0.2, 0.25) is 0 Å². The summed E-state index contributed by atoms with van der Waals surface area (Å²) in [6.45, 7) is 0. The summed E-state index contributed by atoms with van der Waals surface area (Å²) in [6.07, 6.45) is -0.831. The van der Waals surface area contributed by atoms with Gasteiger partial charge in [0.05, 0.1) is 24.3 Å². The number of fused-ring (bicyclic) bond motifs is 1. The Balaban J connectivity index is 1.70. The summed E-state index contributed by atoms with van der Waals surface area (Å²) in [7, 11) is 1.46. The predicted molar refractivity (Wildman–Crippen MR) is 87.5 cm³/mol. The number of pyridine rings is 1. The number of rotatable bonds is 4. The summed E-state index contributed by atoms with van der Waals surface area (Å²) >= 11 is 0. The number of hydrogen-bond donors (Lipinski definition) is 2. The lowest BCUT2D eigenvalue weighted by Crippen LogP contribution is -2.15. The summed E-state index contributed by atoms with van der Waals surface area (Å²) in [5, 5.41) is 9.98. The number of ether oxygens (including phenoxy) is 1. The average Bonchev–Trinajstić information content (AvgIpc) is 3.20. The first-order chi connectivity index (χ1) is 12.1. The zero-order valence-corrected chi connectivity index (χ0v) is 13.2. The maximum Gasteiger partial charge on any atom is 0.231 e. The number of alkyl halides is 1. The van der Waals surface area contributed by atoms with Crippen LogP contribution in [0.15, 0.2) is 30.3 Å². The van der Waals surface area contributed by atoms with Gasteiger partial charge in [-0.2, -0.15) is 5.10 Å². The largest absolute Gasteiger partial charge is 0.496 e. The molecule has 0 saturated heterocycles. The van der Waals surface area contributed by atoms with Crippen molar-refractivity contribution in [2.75, 3.05) is 12.4 Å². The molecule has 0 aliphatic heterocycles. The minimum atomic E-state index is -1.07. The summed E-state index contributed by atoms with van der Waals surface area (Å²) in [4.78, 5) is 16.0. The fourth-order valence-electron chi connectivity index (χ4n) is 2.73. The average molecular weight is 344 g/mol. The van der Waals surface area contributed by atoms with E-state index in [4.69, 9.17) is 4.74 Å². The fraction of sp³-hybridized carbons (Fsp3) is 0.235. The standard InChI is InChI=1S/C17H14F2N4O2/c1-25-12-4-2-3-10(18)14(12)15-8-5-6-13(20-16(8)23-22-15)21-17(24)9-7-11(9)19/h2-6,9,11H,7H2,1H3,(H2,20,21,22,23,24). The lowest BCUT2D eigenvalue weighted by atomic mass is 10.1. The molecule has 25 heavy (non-hydrogen) atoms. The van der Waals surface area contributed by atoms with E-state index in [9.17, 15) is 13.6 Å². The van der Waals surface area contributed by atoms with Crippen molar-refractivity contribution in [1.29, 1.82) is 0 Å². The number of methoxy groups -OCH3 is 1. The Bertz CT molecular complexity index is 972. The Labute approximate surface area is 141 Å². The van der Waals surface area contributed by atoms with Crippen LogP contribution in [0.5, 0.6) is 5.75 Å². The van der Waals surface area contributed by atoms with E-state index in [1.165, 1.54) is 13.2 Å². The minimum absolute atomic E-state index is 0.244. The molecule has 1 fully saturated rings. The third-order valence-electron chi connectivity index (χ3n) is 4.16. The summed E-state index contributed by atoms with van der Waals surface area (Å²) < 4.78 is 32.4. The van der Waals surface area contributed by atoms with Gasteiger partial charge in [0.1, 0.15) is 23.6 Å². The minimum Gasteiger partial charge on any atom is -0.496 e. The molecule has 0 bridgehead atoms. The van der Waals surface area contributed by atoms with E-state index < -0.39 is 23.8 Å². The lowest BCUT2D eigenvalue weighted by molar-refractivity contribution is -0.117. The number of H-pyrrole nitrogens is 1. The molecule has 6 nitrogen and oxygen atoms in total. The first-order valence-corrected chi connectivity index (χ1v) is 7.71. The number of aromatic amines is 1. The normalized spacial score (nSPS) is 19.0. The number of carbonyl (C=O) groups excluding carboxylic acids is 1. The van der Waals surface area contributed by atoms with Crippen molar-refractivity contribution in [1.82, 2.24) is 15.2 Å². The van der Waals surface area contributed by atoms with E-state index in [-0.39, 0.29) is 17.8 Å². The summed E-state index contributed by atoms with van der Waals surface area (Å²) in [6, 6.07) is 7.77. The molecule has 8 heteroatoms. The maximum absolute atomic E-state index is 14.3. The topological polar surface area (TPSA) is 79.9 Å². The van der Waals surface area contributed by atoms with Gasteiger partial charge in [0.15, 0.2) is 5.65 Å². The Morgan fingerprint density at radius 3 is 2.88 bits per heavy atom. The predicted octanol–water partition coefficient (Wildman–Crippen LogP) is 3.07. The van der Waals surface area contributed by atoms with Crippen molar-refractivity contribution in [2.24, 2.45) is 5.92 Å². The molecular formula is C17H14F2N4O2. The Hall–Kier alpha value is -3.03. The van der Waals surface area contributed by atoms with Crippen LogP contribution in [-0.4, -0.2) is 34.4 Å². The second-order valence-electron chi connectivity index (χ2n) is 5.83. The van der Waals surface area contributed by atoms with E-state index >= 15 is 0 Å². The molecule has 0 radical (unpaired) electrons. The van der Waals surface area contributed by atoms with Crippen LogP contribution in [0.1, 0.15) is 6.42 Å². The zero-order chi connectivity index (χ0) is 17.6. The molecule has 1 saturated carbocycles. The molecule has 1 aliphatic rings. The molecule has 3 aromatic rings. The number of nitrogens with one attached hydrogen (secondary N) is 2. The third kappa shape index (κ3) is 2.69. The molecule has 2 N–H and O–H groups in total. The van der Waals surface area contributed by atoms with Gasteiger partial charge < -0.3 is 10.1 Å². The molecule has 4 rings (SSSR count). The van der Waals surface area contributed by atoms with Gasteiger partial charge in [0, 0.05) is 5.39 Å². The van der Waals surface area contributed by atoms with Crippen LogP contribution in [0.25, 0.3) is 22.3 Å².